The Morgan fingerprint density at radius 2 is 1.19 bits per heavy atom. The van der Waals surface area contributed by atoms with Gasteiger partial charge in [0.05, 0.1) is 18.6 Å². The number of ether oxygens (including phenoxy) is 2. The van der Waals surface area contributed by atoms with Gasteiger partial charge >= 0.3 is 12.1 Å². The van der Waals surface area contributed by atoms with E-state index in [4.69, 9.17) is 9.47 Å². The van der Waals surface area contributed by atoms with Crippen molar-refractivity contribution in [2.45, 2.75) is 136 Å². The highest BCUT2D eigenvalue weighted by atomic mass is 16.6. The van der Waals surface area contributed by atoms with Crippen LogP contribution in [0.1, 0.15) is 110 Å². The zero-order valence-electron chi connectivity index (χ0n) is 41.2. The van der Waals surface area contributed by atoms with Crippen molar-refractivity contribution in [1.29, 1.82) is 0 Å². The third kappa shape index (κ3) is 15.0. The maximum absolute atomic E-state index is 14.8. The van der Waals surface area contributed by atoms with Gasteiger partial charge in [0.25, 0.3) is 0 Å². The summed E-state index contributed by atoms with van der Waals surface area (Å²) in [5.74, 6) is -4.84. The molecule has 370 valence electrons. The van der Waals surface area contributed by atoms with Crippen LogP contribution in [0.4, 0.5) is 4.79 Å². The molecule has 1 saturated carbocycles. The summed E-state index contributed by atoms with van der Waals surface area (Å²) in [6.45, 7) is 14.0. The van der Waals surface area contributed by atoms with Crippen molar-refractivity contribution in [2.24, 2.45) is 23.7 Å². The molecule has 0 saturated heterocycles. The minimum atomic E-state index is -1.51. The van der Waals surface area contributed by atoms with E-state index in [2.05, 4.69) is 26.6 Å². The van der Waals surface area contributed by atoms with E-state index in [1.165, 1.54) is 0 Å². The highest BCUT2D eigenvalue weighted by Crippen LogP contribution is 2.38. The van der Waals surface area contributed by atoms with Crippen molar-refractivity contribution in [3.05, 3.63) is 144 Å². The van der Waals surface area contributed by atoms with E-state index < -0.39 is 101 Å². The van der Waals surface area contributed by atoms with Gasteiger partial charge in [-0.1, -0.05) is 155 Å². The van der Waals surface area contributed by atoms with Gasteiger partial charge in [-0.2, -0.15) is 0 Å². The Balaban J connectivity index is 1.44. The van der Waals surface area contributed by atoms with E-state index in [-0.39, 0.29) is 12.5 Å². The number of carbonyl (C=O) groups is 6. The summed E-state index contributed by atoms with van der Waals surface area (Å²) < 4.78 is 10.9. The zero-order valence-corrected chi connectivity index (χ0v) is 41.2. The molecule has 6 N–H and O–H groups in total. The van der Waals surface area contributed by atoms with Gasteiger partial charge in [-0.05, 0) is 87.0 Å². The van der Waals surface area contributed by atoms with E-state index in [1.807, 2.05) is 135 Å². The highest BCUT2D eigenvalue weighted by molar-refractivity contribution is 5.95. The van der Waals surface area contributed by atoms with Gasteiger partial charge in [0, 0.05) is 5.92 Å². The number of rotatable bonds is 21. The predicted molar refractivity (Wildman–Crippen MR) is 264 cm³/mol. The van der Waals surface area contributed by atoms with Crippen LogP contribution in [0, 0.1) is 23.7 Å². The van der Waals surface area contributed by atoms with Crippen molar-refractivity contribution in [3.8, 4) is 0 Å². The van der Waals surface area contributed by atoms with Gasteiger partial charge in [0.2, 0.25) is 23.6 Å². The van der Waals surface area contributed by atoms with E-state index in [0.717, 1.165) is 22.3 Å². The molecular formula is C55H71N5O9. The molecular weight excluding hydrogens is 875 g/mol. The van der Waals surface area contributed by atoms with Gasteiger partial charge < -0.3 is 41.2 Å². The van der Waals surface area contributed by atoms with Crippen LogP contribution in [0.3, 0.4) is 0 Å². The normalized spacial score (nSPS) is 17.1. The number of hydrogen-bond donors (Lipinski definition) is 6. The van der Waals surface area contributed by atoms with Crippen molar-refractivity contribution in [1.82, 2.24) is 26.6 Å². The molecule has 0 aromatic heterocycles. The number of amides is 5. The largest absolute Gasteiger partial charge is 0.459 e. The van der Waals surface area contributed by atoms with E-state index in [0.29, 0.717) is 25.7 Å². The number of benzene rings is 4. The molecule has 0 heterocycles. The fourth-order valence-electron chi connectivity index (χ4n) is 9.00. The molecule has 5 rings (SSSR count). The Morgan fingerprint density at radius 1 is 0.667 bits per heavy atom. The smallest absolute Gasteiger partial charge is 0.408 e. The van der Waals surface area contributed by atoms with Gasteiger partial charge in [0.1, 0.15) is 35.9 Å². The lowest BCUT2D eigenvalue weighted by molar-refractivity contribution is -0.149. The van der Waals surface area contributed by atoms with E-state index in [1.54, 1.807) is 41.5 Å². The summed E-state index contributed by atoms with van der Waals surface area (Å²) in [6, 6.07) is 33.0. The molecule has 1 fully saturated rings. The number of alkyl carbamates (subject to hydrolysis) is 1. The number of esters is 1. The van der Waals surface area contributed by atoms with Crippen molar-refractivity contribution < 1.29 is 43.3 Å². The van der Waals surface area contributed by atoms with Crippen molar-refractivity contribution in [3.63, 3.8) is 0 Å². The molecule has 4 aromatic carbocycles. The fraction of sp³-hybridized carbons (Fsp3) is 0.455. The zero-order chi connectivity index (χ0) is 50.3. The first-order chi connectivity index (χ1) is 32.8. The lowest BCUT2D eigenvalue weighted by Crippen LogP contribution is -2.59. The Kier molecular flexibility index (Phi) is 19.1. The molecule has 0 radical (unpaired) electrons. The number of aliphatic hydroxyl groups excluding tert-OH is 1. The average molecular weight is 946 g/mol. The van der Waals surface area contributed by atoms with Crippen LogP contribution in [-0.4, -0.2) is 76.7 Å². The van der Waals surface area contributed by atoms with Gasteiger partial charge in [-0.15, -0.1) is 0 Å². The molecule has 1 aliphatic carbocycles. The predicted octanol–water partition coefficient (Wildman–Crippen LogP) is 7.08. The number of hydrogen-bond acceptors (Lipinski definition) is 9. The summed E-state index contributed by atoms with van der Waals surface area (Å²) in [4.78, 5) is 83.7. The monoisotopic (exact) mass is 946 g/mol. The lowest BCUT2D eigenvalue weighted by Gasteiger charge is -2.37. The molecule has 5 amide bonds. The second-order valence-electron chi connectivity index (χ2n) is 19.8. The summed E-state index contributed by atoms with van der Waals surface area (Å²) >= 11 is 0. The average Bonchev–Trinajstić information content (AvgIpc) is 3.82. The van der Waals surface area contributed by atoms with E-state index in [9.17, 15) is 33.9 Å². The van der Waals surface area contributed by atoms with Crippen molar-refractivity contribution in [2.75, 3.05) is 0 Å². The summed E-state index contributed by atoms with van der Waals surface area (Å²) in [6.07, 6.45) is -0.747. The van der Waals surface area contributed by atoms with Crippen LogP contribution in [0.5, 0.6) is 0 Å². The summed E-state index contributed by atoms with van der Waals surface area (Å²) in [7, 11) is 0. The maximum atomic E-state index is 14.8. The molecule has 0 bridgehead atoms. The Bertz CT molecular complexity index is 2210. The minimum absolute atomic E-state index is 0.0408. The Hall–Kier alpha value is -6.54. The third-order valence-electron chi connectivity index (χ3n) is 12.3. The molecule has 0 spiro atoms. The fourth-order valence-corrected chi connectivity index (χ4v) is 9.00. The molecule has 0 unspecified atom stereocenters. The first-order valence-corrected chi connectivity index (χ1v) is 24.1. The van der Waals surface area contributed by atoms with Crippen LogP contribution in [0.25, 0.3) is 0 Å². The van der Waals surface area contributed by atoms with Gasteiger partial charge in [-0.25, -0.2) is 9.59 Å². The van der Waals surface area contributed by atoms with Crippen LogP contribution < -0.4 is 26.6 Å². The minimum Gasteiger partial charge on any atom is -0.459 e. The quantitative estimate of drug-likeness (QED) is 0.0373. The number of nitrogens with one attached hydrogen (secondary N) is 5. The molecule has 14 heteroatoms. The van der Waals surface area contributed by atoms with Crippen LogP contribution in [-0.2, 0) is 45.6 Å². The summed E-state index contributed by atoms with van der Waals surface area (Å²) in [5, 5.41) is 26.6. The van der Waals surface area contributed by atoms with Gasteiger partial charge in [-0.3, -0.25) is 19.2 Å². The number of aliphatic hydroxyl groups is 1. The number of carbonyl (C=O) groups excluding carboxylic acids is 6. The molecule has 1 aliphatic rings. The standard InChI is InChI=1S/C55H71N5O9/c1-35(2)32-44(48(62)42-30-21-31-43(42)49(63)56-37(5)52(66)68-34-38-22-13-9-14-23-38)57-50(64)45(58-51(65)47(36(3)4)59-53(67)69-54(6,7)8)33-46(61)60-55(39-24-15-10-16-25-39,40-26-17-11-18-27-40)41-28-19-12-20-29-41/h9-20,22-29,35-37,42-45,47-48,62H,21,30-34H2,1-8H3,(H,56,63)(H,57,64)(H,58,65)(H,59,67)(H,60,61)/t37-,42+,43+,44-,45-,47-,48-/m0/s1. The molecule has 4 aromatic rings. The second kappa shape index (κ2) is 24.7. The maximum Gasteiger partial charge on any atom is 0.408 e. The Labute approximate surface area is 407 Å². The van der Waals surface area contributed by atoms with E-state index >= 15 is 0 Å². The first-order valence-electron chi connectivity index (χ1n) is 24.1. The first kappa shape index (κ1) is 53.4. The highest BCUT2D eigenvalue weighted by Gasteiger charge is 2.44. The molecule has 7 atom stereocenters. The Morgan fingerprint density at radius 3 is 1.68 bits per heavy atom. The molecule has 0 aliphatic heterocycles. The van der Waals surface area contributed by atoms with Crippen LogP contribution in [0.15, 0.2) is 121 Å². The molecule has 14 nitrogen and oxygen atoms in total. The van der Waals surface area contributed by atoms with Crippen LogP contribution >= 0.6 is 0 Å². The van der Waals surface area contributed by atoms with Crippen molar-refractivity contribution >= 4 is 35.7 Å². The van der Waals surface area contributed by atoms with Gasteiger partial charge in [0.15, 0.2) is 0 Å². The SMILES string of the molecule is CC(C)C[C@H](NC(=O)[C@H](CC(=O)NC(c1ccccc1)(c1ccccc1)c1ccccc1)NC(=O)[C@@H](NC(=O)OC(C)(C)C)C(C)C)[C@@H](O)[C@@H]1CCC[C@H]1C(=O)N[C@@H](C)C(=O)OCc1ccccc1. The lowest BCUT2D eigenvalue weighted by atomic mass is 9.77. The second-order valence-corrected chi connectivity index (χ2v) is 19.8. The molecule has 69 heavy (non-hydrogen) atoms. The van der Waals surface area contributed by atoms with Crippen LogP contribution in [0.2, 0.25) is 0 Å². The third-order valence-corrected chi connectivity index (χ3v) is 12.3. The summed E-state index contributed by atoms with van der Waals surface area (Å²) in [5.41, 5.74) is 0.946. The topological polar surface area (TPSA) is 201 Å².